The van der Waals surface area contributed by atoms with E-state index in [0.717, 1.165) is 12.4 Å². The van der Waals surface area contributed by atoms with Crippen LogP contribution in [0.2, 0.25) is 0 Å². The zero-order chi connectivity index (χ0) is 29.6. The van der Waals surface area contributed by atoms with Gasteiger partial charge in [-0.15, -0.1) is 0 Å². The van der Waals surface area contributed by atoms with E-state index in [4.69, 9.17) is 10.5 Å². The number of aromatic nitrogens is 4. The molecule has 0 aliphatic carbocycles. The Balaban J connectivity index is 1.59. The summed E-state index contributed by atoms with van der Waals surface area (Å²) in [5, 5.41) is -0.0954. The van der Waals surface area contributed by atoms with Crippen LogP contribution in [-0.4, -0.2) is 19.5 Å². The minimum atomic E-state index is -4.88. The van der Waals surface area contributed by atoms with E-state index in [9.17, 15) is 31.1 Å². The molecule has 0 unspecified atom stereocenters. The van der Waals surface area contributed by atoms with Gasteiger partial charge in [-0.2, -0.15) is 18.2 Å². The molecule has 210 valence electrons. The first-order valence-corrected chi connectivity index (χ1v) is 12.0. The van der Waals surface area contributed by atoms with Crippen LogP contribution in [0.5, 0.6) is 11.5 Å². The van der Waals surface area contributed by atoms with E-state index in [1.165, 1.54) is 54.9 Å². The molecule has 5 rings (SSSR count). The second-order valence-electron chi connectivity index (χ2n) is 9.11. The van der Waals surface area contributed by atoms with Gasteiger partial charge in [0.2, 0.25) is 0 Å². The van der Waals surface area contributed by atoms with Gasteiger partial charge in [0.1, 0.15) is 34.5 Å². The number of hydrogen-bond donors (Lipinski definition) is 1. The molecule has 0 saturated heterocycles. The Morgan fingerprint density at radius 2 is 1.71 bits per heavy atom. The van der Waals surface area contributed by atoms with Crippen molar-refractivity contribution in [1.82, 2.24) is 19.5 Å². The normalized spacial score (nSPS) is 12.5. The average molecular weight is 571 g/mol. The number of aryl methyl sites for hydroxylation is 1. The predicted octanol–water partition coefficient (Wildman–Crippen LogP) is 6.58. The largest absolute Gasteiger partial charge is 0.457 e. The Labute approximate surface area is 227 Å². The van der Waals surface area contributed by atoms with Crippen LogP contribution in [-0.2, 0) is 6.18 Å². The molecule has 2 aromatic heterocycles. The van der Waals surface area contributed by atoms with Gasteiger partial charge in [-0.1, -0.05) is 12.1 Å². The van der Waals surface area contributed by atoms with Crippen molar-refractivity contribution >= 4 is 16.6 Å². The highest BCUT2D eigenvalue weighted by Gasteiger charge is 2.38. The molecule has 1 atom stereocenters. The van der Waals surface area contributed by atoms with Crippen molar-refractivity contribution in [2.75, 3.05) is 5.73 Å². The zero-order valence-electron chi connectivity index (χ0n) is 21.3. The lowest BCUT2D eigenvalue weighted by Gasteiger charge is -2.20. The van der Waals surface area contributed by atoms with Crippen LogP contribution < -0.4 is 16.0 Å². The van der Waals surface area contributed by atoms with E-state index in [1.54, 1.807) is 0 Å². The first-order chi connectivity index (χ1) is 19.3. The molecule has 0 fully saturated rings. The molecule has 2 N–H and O–H groups in total. The van der Waals surface area contributed by atoms with Gasteiger partial charge in [-0.25, -0.2) is 23.1 Å². The Morgan fingerprint density at radius 1 is 1.00 bits per heavy atom. The minimum Gasteiger partial charge on any atom is -0.457 e. The highest BCUT2D eigenvalue weighted by Crippen LogP contribution is 2.43. The molecule has 0 aliphatic rings. The van der Waals surface area contributed by atoms with E-state index in [-0.39, 0.29) is 33.7 Å². The van der Waals surface area contributed by atoms with Gasteiger partial charge in [0, 0.05) is 23.3 Å². The van der Waals surface area contributed by atoms with Crippen molar-refractivity contribution in [2.45, 2.75) is 26.1 Å². The monoisotopic (exact) mass is 571 g/mol. The molecule has 0 saturated carbocycles. The van der Waals surface area contributed by atoms with E-state index >= 15 is 0 Å². The SMILES string of the molecule is Cc1nc(-c2cccc(Oc3ccc4c(c3)c(=O)ncn4[C@H](C)c3c(F)cc(F)cc3F)c2C(F)(F)F)ncc1N. The Kier molecular flexibility index (Phi) is 6.89. The summed E-state index contributed by atoms with van der Waals surface area (Å²) in [6.07, 6.45) is -2.61. The third kappa shape index (κ3) is 5.17. The second-order valence-corrected chi connectivity index (χ2v) is 9.11. The summed E-state index contributed by atoms with van der Waals surface area (Å²) in [7, 11) is 0. The van der Waals surface area contributed by atoms with Crippen molar-refractivity contribution in [3.05, 3.63) is 106 Å². The Morgan fingerprint density at radius 3 is 2.37 bits per heavy atom. The maximum atomic E-state index is 14.5. The maximum absolute atomic E-state index is 14.5. The van der Waals surface area contributed by atoms with Gasteiger partial charge < -0.3 is 15.0 Å². The van der Waals surface area contributed by atoms with Crippen molar-refractivity contribution in [3.8, 4) is 22.9 Å². The predicted molar refractivity (Wildman–Crippen MR) is 138 cm³/mol. The van der Waals surface area contributed by atoms with Gasteiger partial charge in [-0.3, -0.25) is 4.79 Å². The molecule has 2 heterocycles. The lowest BCUT2D eigenvalue weighted by molar-refractivity contribution is -0.138. The fourth-order valence-electron chi connectivity index (χ4n) is 4.45. The Hall–Kier alpha value is -4.94. The number of ether oxygens (including phenoxy) is 1. The van der Waals surface area contributed by atoms with E-state index < -0.39 is 52.1 Å². The van der Waals surface area contributed by atoms with Gasteiger partial charge >= 0.3 is 6.18 Å². The van der Waals surface area contributed by atoms with Gasteiger partial charge in [0.25, 0.3) is 5.56 Å². The lowest BCUT2D eigenvalue weighted by atomic mass is 10.0. The second kappa shape index (κ2) is 10.2. The van der Waals surface area contributed by atoms with Crippen LogP contribution in [0.15, 0.2) is 65.8 Å². The topological polar surface area (TPSA) is 95.9 Å². The molecule has 0 bridgehead atoms. The highest BCUT2D eigenvalue weighted by molar-refractivity contribution is 5.80. The third-order valence-electron chi connectivity index (χ3n) is 6.45. The summed E-state index contributed by atoms with van der Waals surface area (Å²) in [6.45, 7) is 2.95. The van der Waals surface area contributed by atoms with Crippen molar-refractivity contribution in [2.24, 2.45) is 0 Å². The summed E-state index contributed by atoms with van der Waals surface area (Å²) in [6, 6.07) is 7.41. The van der Waals surface area contributed by atoms with Gasteiger partial charge in [-0.05, 0) is 38.1 Å². The Bertz CT molecular complexity index is 1850. The minimum absolute atomic E-state index is 0.0954. The maximum Gasteiger partial charge on any atom is 0.420 e. The molecule has 5 aromatic rings. The molecular formula is C28H19F6N5O2. The zero-order valence-corrected chi connectivity index (χ0v) is 21.3. The number of rotatable bonds is 5. The number of benzene rings is 3. The lowest BCUT2D eigenvalue weighted by Crippen LogP contribution is -2.18. The van der Waals surface area contributed by atoms with Crippen molar-refractivity contribution in [3.63, 3.8) is 0 Å². The first-order valence-electron chi connectivity index (χ1n) is 12.0. The molecule has 0 aliphatic heterocycles. The van der Waals surface area contributed by atoms with Gasteiger partial charge in [0.05, 0.1) is 40.9 Å². The standard InChI is InChI=1S/C28H19F6N5O2/c1-13-21(35)11-36-26(38-13)17-4-3-5-23(25(17)28(32,33)34)41-16-6-7-22-18(10-16)27(40)37-12-39(22)14(2)24-19(30)8-15(29)9-20(24)31/h3-12,14H,35H2,1-2H3/t14-/m1/s1. The van der Waals surface area contributed by atoms with Crippen LogP contribution in [0.1, 0.15) is 29.8 Å². The summed E-state index contributed by atoms with van der Waals surface area (Å²) < 4.78 is 92.1. The molecule has 7 nitrogen and oxygen atoms in total. The van der Waals surface area contributed by atoms with Gasteiger partial charge in [0.15, 0.2) is 5.82 Å². The number of nitrogen functional groups attached to an aromatic ring is 1. The fraction of sp³-hybridized carbons (Fsp3) is 0.143. The molecular weight excluding hydrogens is 552 g/mol. The molecule has 0 amide bonds. The van der Waals surface area contributed by atoms with Crippen molar-refractivity contribution in [1.29, 1.82) is 0 Å². The molecule has 0 radical (unpaired) electrons. The average Bonchev–Trinajstić information content (AvgIpc) is 2.89. The van der Waals surface area contributed by atoms with Crippen LogP contribution >= 0.6 is 0 Å². The molecule has 13 heteroatoms. The number of halogens is 6. The van der Waals surface area contributed by atoms with Crippen LogP contribution in [0.4, 0.5) is 32.0 Å². The highest BCUT2D eigenvalue weighted by atomic mass is 19.4. The molecule has 3 aromatic carbocycles. The van der Waals surface area contributed by atoms with E-state index in [0.29, 0.717) is 17.8 Å². The van der Waals surface area contributed by atoms with Crippen LogP contribution in [0, 0.1) is 24.4 Å². The van der Waals surface area contributed by atoms with Crippen LogP contribution in [0.3, 0.4) is 0 Å². The number of anilines is 1. The molecule has 0 spiro atoms. The summed E-state index contributed by atoms with van der Waals surface area (Å²) in [4.78, 5) is 24.3. The van der Waals surface area contributed by atoms with E-state index in [1.807, 2.05) is 0 Å². The summed E-state index contributed by atoms with van der Waals surface area (Å²) in [5.41, 5.74) is 3.65. The quantitative estimate of drug-likeness (QED) is 0.240. The number of hydrogen-bond acceptors (Lipinski definition) is 6. The third-order valence-corrected chi connectivity index (χ3v) is 6.45. The number of nitrogens with two attached hydrogens (primary N) is 1. The first kappa shape index (κ1) is 27.6. The number of nitrogens with zero attached hydrogens (tertiary/aromatic N) is 4. The number of alkyl halides is 3. The van der Waals surface area contributed by atoms with Crippen LogP contribution in [0.25, 0.3) is 22.3 Å². The van der Waals surface area contributed by atoms with Crippen molar-refractivity contribution < 1.29 is 31.1 Å². The van der Waals surface area contributed by atoms with E-state index in [2.05, 4.69) is 15.0 Å². The molecule has 41 heavy (non-hydrogen) atoms. The summed E-state index contributed by atoms with van der Waals surface area (Å²) in [5.74, 6) is -4.31. The summed E-state index contributed by atoms with van der Waals surface area (Å²) >= 11 is 0. The fourth-order valence-corrected chi connectivity index (χ4v) is 4.45. The smallest absolute Gasteiger partial charge is 0.420 e. The number of fused-ring (bicyclic) bond motifs is 1.